The van der Waals surface area contributed by atoms with Crippen LogP contribution in [0.4, 0.5) is 5.69 Å². The highest BCUT2D eigenvalue weighted by atomic mass is 16.1. The summed E-state index contributed by atoms with van der Waals surface area (Å²) in [5.74, 6) is -0.621. The molecule has 1 aromatic heterocycles. The molecule has 4 N–H and O–H groups in total. The summed E-state index contributed by atoms with van der Waals surface area (Å²) in [7, 11) is 1.61. The standard InChI is InChI=1S/C15H17N5O2/c1-17-14(21)6-10-2-4-11(5-3-10)18-7-12-8-20-13(9-19-12)15(16)22/h2-5,8-9,18H,6-7H2,1H3,(H2,16,22)(H,17,21). The summed E-state index contributed by atoms with van der Waals surface area (Å²) in [5, 5.41) is 5.77. The van der Waals surface area contributed by atoms with Crippen LogP contribution in [0.15, 0.2) is 36.7 Å². The van der Waals surface area contributed by atoms with Gasteiger partial charge in [0.1, 0.15) is 5.69 Å². The van der Waals surface area contributed by atoms with E-state index in [1.165, 1.54) is 12.4 Å². The second-order valence-electron chi connectivity index (χ2n) is 4.66. The summed E-state index contributed by atoms with van der Waals surface area (Å²) in [6.45, 7) is 0.473. The molecule has 0 radical (unpaired) electrons. The van der Waals surface area contributed by atoms with Gasteiger partial charge in [0.2, 0.25) is 5.91 Å². The van der Waals surface area contributed by atoms with Gasteiger partial charge in [-0.25, -0.2) is 4.98 Å². The summed E-state index contributed by atoms with van der Waals surface area (Å²) in [6, 6.07) is 7.56. The van der Waals surface area contributed by atoms with Crippen LogP contribution in [0.3, 0.4) is 0 Å². The molecule has 2 aromatic rings. The molecule has 0 fully saturated rings. The molecule has 2 rings (SSSR count). The molecule has 0 spiro atoms. The molecule has 7 nitrogen and oxygen atoms in total. The second kappa shape index (κ2) is 7.16. The third-order valence-electron chi connectivity index (χ3n) is 3.03. The molecule has 0 atom stereocenters. The highest BCUT2D eigenvalue weighted by Crippen LogP contribution is 2.11. The first-order valence-corrected chi connectivity index (χ1v) is 6.72. The van der Waals surface area contributed by atoms with Gasteiger partial charge in [0.25, 0.3) is 5.91 Å². The van der Waals surface area contributed by atoms with Gasteiger partial charge in [-0.1, -0.05) is 12.1 Å². The Hall–Kier alpha value is -2.96. The van der Waals surface area contributed by atoms with E-state index >= 15 is 0 Å². The number of hydrogen-bond donors (Lipinski definition) is 3. The van der Waals surface area contributed by atoms with E-state index in [-0.39, 0.29) is 11.6 Å². The number of aromatic nitrogens is 2. The lowest BCUT2D eigenvalue weighted by molar-refractivity contribution is -0.119. The Balaban J connectivity index is 1.91. The topological polar surface area (TPSA) is 110 Å². The van der Waals surface area contributed by atoms with Crippen LogP contribution in [0.1, 0.15) is 21.7 Å². The van der Waals surface area contributed by atoms with E-state index in [1.807, 2.05) is 24.3 Å². The normalized spacial score (nSPS) is 10.0. The highest BCUT2D eigenvalue weighted by molar-refractivity contribution is 5.90. The Morgan fingerprint density at radius 3 is 2.41 bits per heavy atom. The first-order valence-electron chi connectivity index (χ1n) is 6.72. The number of carbonyl (C=O) groups excluding carboxylic acids is 2. The summed E-state index contributed by atoms with van der Waals surface area (Å²) in [5.41, 5.74) is 7.78. The number of rotatable bonds is 6. The van der Waals surface area contributed by atoms with Crippen LogP contribution in [0.5, 0.6) is 0 Å². The number of anilines is 1. The first kappa shape index (κ1) is 15.4. The number of nitrogens with one attached hydrogen (secondary N) is 2. The summed E-state index contributed by atoms with van der Waals surface area (Å²) in [6.07, 6.45) is 3.22. The van der Waals surface area contributed by atoms with E-state index in [1.54, 1.807) is 7.05 Å². The minimum atomic E-state index is -0.598. The van der Waals surface area contributed by atoms with E-state index in [0.29, 0.717) is 18.7 Å². The van der Waals surface area contributed by atoms with E-state index in [0.717, 1.165) is 11.3 Å². The molecule has 0 aliphatic heterocycles. The van der Waals surface area contributed by atoms with Crippen molar-refractivity contribution in [2.24, 2.45) is 5.73 Å². The van der Waals surface area contributed by atoms with E-state index in [4.69, 9.17) is 5.73 Å². The van der Waals surface area contributed by atoms with Crippen LogP contribution in [0.25, 0.3) is 0 Å². The fourth-order valence-corrected chi connectivity index (χ4v) is 1.78. The highest BCUT2D eigenvalue weighted by Gasteiger charge is 2.03. The van der Waals surface area contributed by atoms with Crippen LogP contribution < -0.4 is 16.4 Å². The Morgan fingerprint density at radius 2 is 1.86 bits per heavy atom. The maximum Gasteiger partial charge on any atom is 0.268 e. The predicted molar refractivity (Wildman–Crippen MR) is 82.1 cm³/mol. The molecule has 0 unspecified atom stereocenters. The number of hydrogen-bond acceptors (Lipinski definition) is 5. The zero-order valence-electron chi connectivity index (χ0n) is 12.2. The van der Waals surface area contributed by atoms with Gasteiger partial charge in [0, 0.05) is 12.7 Å². The van der Waals surface area contributed by atoms with Crippen molar-refractivity contribution in [2.45, 2.75) is 13.0 Å². The smallest absolute Gasteiger partial charge is 0.268 e. The van der Waals surface area contributed by atoms with Crippen molar-refractivity contribution in [3.8, 4) is 0 Å². The fourth-order valence-electron chi connectivity index (χ4n) is 1.78. The molecule has 1 aromatic carbocycles. The summed E-state index contributed by atoms with van der Waals surface area (Å²) < 4.78 is 0. The molecule has 2 amide bonds. The molecular formula is C15H17N5O2. The maximum absolute atomic E-state index is 11.3. The van der Waals surface area contributed by atoms with Gasteiger partial charge in [0.05, 0.1) is 31.1 Å². The van der Waals surface area contributed by atoms with Crippen LogP contribution in [-0.4, -0.2) is 28.8 Å². The molecule has 0 aliphatic rings. The monoisotopic (exact) mass is 299 g/mol. The quantitative estimate of drug-likeness (QED) is 0.718. The average molecular weight is 299 g/mol. The van der Waals surface area contributed by atoms with Gasteiger partial charge in [-0.3, -0.25) is 14.6 Å². The number of likely N-dealkylation sites (N-methyl/N-ethyl adjacent to an activating group) is 1. The van der Waals surface area contributed by atoms with Gasteiger partial charge >= 0.3 is 0 Å². The molecular weight excluding hydrogens is 282 g/mol. The van der Waals surface area contributed by atoms with Crippen molar-refractivity contribution >= 4 is 17.5 Å². The van der Waals surface area contributed by atoms with Crippen molar-refractivity contribution in [3.63, 3.8) is 0 Å². The van der Waals surface area contributed by atoms with Crippen molar-refractivity contribution in [1.29, 1.82) is 0 Å². The van der Waals surface area contributed by atoms with Crippen molar-refractivity contribution in [3.05, 3.63) is 53.6 Å². The van der Waals surface area contributed by atoms with E-state index in [2.05, 4.69) is 20.6 Å². The zero-order chi connectivity index (χ0) is 15.9. The molecule has 1 heterocycles. The van der Waals surface area contributed by atoms with Crippen LogP contribution >= 0.6 is 0 Å². The van der Waals surface area contributed by atoms with Crippen molar-refractivity contribution < 1.29 is 9.59 Å². The lowest BCUT2D eigenvalue weighted by atomic mass is 10.1. The minimum absolute atomic E-state index is 0.0227. The lowest BCUT2D eigenvalue weighted by Gasteiger charge is -2.07. The third kappa shape index (κ3) is 4.27. The molecule has 0 bridgehead atoms. The number of benzene rings is 1. The average Bonchev–Trinajstić information content (AvgIpc) is 2.54. The van der Waals surface area contributed by atoms with Gasteiger partial charge in [0.15, 0.2) is 0 Å². The largest absolute Gasteiger partial charge is 0.379 e. The predicted octanol–water partition coefficient (Wildman–Crippen LogP) is 0.476. The molecule has 7 heteroatoms. The van der Waals surface area contributed by atoms with Crippen LogP contribution in [0, 0.1) is 0 Å². The number of carbonyl (C=O) groups is 2. The summed E-state index contributed by atoms with van der Waals surface area (Å²) in [4.78, 5) is 30.2. The minimum Gasteiger partial charge on any atom is -0.379 e. The third-order valence-corrected chi connectivity index (χ3v) is 3.03. The van der Waals surface area contributed by atoms with Crippen LogP contribution in [-0.2, 0) is 17.8 Å². The maximum atomic E-state index is 11.3. The fraction of sp³-hybridized carbons (Fsp3) is 0.200. The summed E-state index contributed by atoms with van der Waals surface area (Å²) >= 11 is 0. The van der Waals surface area contributed by atoms with Gasteiger partial charge in [-0.05, 0) is 17.7 Å². The molecule has 0 saturated carbocycles. The second-order valence-corrected chi connectivity index (χ2v) is 4.66. The SMILES string of the molecule is CNC(=O)Cc1ccc(NCc2cnc(C(N)=O)cn2)cc1. The number of primary amides is 1. The molecule has 114 valence electrons. The first-order chi connectivity index (χ1) is 10.6. The Kier molecular flexibility index (Phi) is 5.02. The lowest BCUT2D eigenvalue weighted by Crippen LogP contribution is -2.19. The molecule has 0 aliphatic carbocycles. The van der Waals surface area contributed by atoms with Crippen LogP contribution in [0.2, 0.25) is 0 Å². The molecule has 0 saturated heterocycles. The van der Waals surface area contributed by atoms with E-state index in [9.17, 15) is 9.59 Å². The zero-order valence-corrected chi connectivity index (χ0v) is 12.2. The number of amides is 2. The number of nitrogens with zero attached hydrogens (tertiary/aromatic N) is 2. The van der Waals surface area contributed by atoms with Crippen molar-refractivity contribution in [1.82, 2.24) is 15.3 Å². The molecule has 22 heavy (non-hydrogen) atoms. The number of nitrogens with two attached hydrogens (primary N) is 1. The Bertz CT molecular complexity index is 653. The van der Waals surface area contributed by atoms with E-state index < -0.39 is 5.91 Å². The Morgan fingerprint density at radius 1 is 1.14 bits per heavy atom. The van der Waals surface area contributed by atoms with Crippen molar-refractivity contribution in [2.75, 3.05) is 12.4 Å². The van der Waals surface area contributed by atoms with Gasteiger partial charge in [-0.15, -0.1) is 0 Å². The van der Waals surface area contributed by atoms with Gasteiger partial charge in [-0.2, -0.15) is 0 Å². The van der Waals surface area contributed by atoms with Gasteiger partial charge < -0.3 is 16.4 Å². The Labute approximate surface area is 128 Å².